The first-order valence-electron chi connectivity index (χ1n) is 5.51. The predicted octanol–water partition coefficient (Wildman–Crippen LogP) is 2.11. The highest BCUT2D eigenvalue weighted by Gasteiger charge is 2.35. The summed E-state index contributed by atoms with van der Waals surface area (Å²) < 4.78 is 0. The molecule has 0 saturated carbocycles. The molecule has 0 spiro atoms. The summed E-state index contributed by atoms with van der Waals surface area (Å²) >= 11 is 0. The summed E-state index contributed by atoms with van der Waals surface area (Å²) in [6.45, 7) is 0. The number of nitrogens with two attached hydrogens (primary N) is 1. The van der Waals surface area contributed by atoms with E-state index in [1.54, 1.807) is 0 Å². The third-order valence-electron chi connectivity index (χ3n) is 3.11. The van der Waals surface area contributed by atoms with Crippen LogP contribution in [0.5, 0.6) is 0 Å². The molecule has 1 amide bonds. The molecular weight excluding hydrogens is 212 g/mol. The van der Waals surface area contributed by atoms with Gasteiger partial charge in [0.2, 0.25) is 0 Å². The van der Waals surface area contributed by atoms with Crippen LogP contribution >= 0.6 is 0 Å². The largest absolute Gasteiger partial charge is 0.269 e. The number of rotatable bonds is 1. The Kier molecular flexibility index (Phi) is 2.20. The minimum absolute atomic E-state index is 0.116. The molecule has 2 aromatic rings. The quantitative estimate of drug-likeness (QED) is 0.595. The van der Waals surface area contributed by atoms with Gasteiger partial charge in [0, 0.05) is 5.56 Å². The van der Waals surface area contributed by atoms with Gasteiger partial charge in [-0.15, -0.1) is 0 Å². The average Bonchev–Trinajstić information content (AvgIpc) is 2.64. The van der Waals surface area contributed by atoms with E-state index in [9.17, 15) is 4.79 Å². The Morgan fingerprint density at radius 2 is 1.59 bits per heavy atom. The van der Waals surface area contributed by atoms with E-state index >= 15 is 0 Å². The molecule has 1 unspecified atom stereocenters. The standard InChI is InChI=1S/C14H12N2O/c15-16-13(10-6-2-1-3-7-10)11-8-4-5-9-12(11)14(16)17/h1-9,13H,15H2. The number of nitrogens with zero attached hydrogens (tertiary/aromatic N) is 1. The van der Waals surface area contributed by atoms with Gasteiger partial charge in [-0.2, -0.15) is 0 Å². The number of hydrogen-bond donors (Lipinski definition) is 1. The highest BCUT2D eigenvalue weighted by atomic mass is 16.2. The van der Waals surface area contributed by atoms with Gasteiger partial charge in [-0.1, -0.05) is 48.5 Å². The van der Waals surface area contributed by atoms with Crippen LogP contribution in [-0.4, -0.2) is 10.9 Å². The maximum absolute atomic E-state index is 12.0. The molecule has 0 radical (unpaired) electrons. The number of carbonyl (C=O) groups excluding carboxylic acids is 1. The van der Waals surface area contributed by atoms with Gasteiger partial charge in [0.1, 0.15) is 0 Å². The molecule has 0 saturated heterocycles. The van der Waals surface area contributed by atoms with Crippen molar-refractivity contribution in [2.45, 2.75) is 6.04 Å². The van der Waals surface area contributed by atoms with Gasteiger partial charge in [0.15, 0.2) is 0 Å². The van der Waals surface area contributed by atoms with Gasteiger partial charge < -0.3 is 0 Å². The third-order valence-corrected chi connectivity index (χ3v) is 3.11. The summed E-state index contributed by atoms with van der Waals surface area (Å²) in [5.41, 5.74) is 2.71. The molecule has 0 aromatic heterocycles. The Bertz CT molecular complexity index is 565. The number of fused-ring (bicyclic) bond motifs is 1. The van der Waals surface area contributed by atoms with Crippen molar-refractivity contribution in [3.63, 3.8) is 0 Å². The predicted molar refractivity (Wildman–Crippen MR) is 65.1 cm³/mol. The number of benzene rings is 2. The fourth-order valence-electron chi connectivity index (χ4n) is 2.31. The third kappa shape index (κ3) is 1.44. The monoisotopic (exact) mass is 224 g/mol. The second-order valence-electron chi connectivity index (χ2n) is 4.11. The maximum Gasteiger partial charge on any atom is 0.269 e. The normalized spacial score (nSPS) is 18.3. The first-order valence-corrected chi connectivity index (χ1v) is 5.51. The van der Waals surface area contributed by atoms with Crippen LogP contribution in [0.25, 0.3) is 0 Å². The minimum atomic E-state index is -0.167. The van der Waals surface area contributed by atoms with Crippen molar-refractivity contribution in [1.29, 1.82) is 0 Å². The molecule has 2 N–H and O–H groups in total. The molecule has 0 bridgehead atoms. The van der Waals surface area contributed by atoms with Gasteiger partial charge in [-0.25, -0.2) is 5.84 Å². The smallest absolute Gasteiger partial charge is 0.268 e. The SMILES string of the molecule is NN1C(=O)c2ccccc2C1c1ccccc1. The number of hydrogen-bond acceptors (Lipinski definition) is 2. The van der Waals surface area contributed by atoms with Crippen molar-refractivity contribution >= 4 is 5.91 Å². The van der Waals surface area contributed by atoms with Crippen LogP contribution in [-0.2, 0) is 0 Å². The average molecular weight is 224 g/mol. The van der Waals surface area contributed by atoms with Gasteiger partial charge in [0.05, 0.1) is 6.04 Å². The van der Waals surface area contributed by atoms with Gasteiger partial charge in [-0.3, -0.25) is 9.80 Å². The number of amides is 1. The highest BCUT2D eigenvalue weighted by molar-refractivity contribution is 5.99. The van der Waals surface area contributed by atoms with E-state index in [0.717, 1.165) is 11.1 Å². The molecule has 1 heterocycles. The fourth-order valence-corrected chi connectivity index (χ4v) is 2.31. The van der Waals surface area contributed by atoms with E-state index in [1.165, 1.54) is 5.01 Å². The summed E-state index contributed by atoms with van der Waals surface area (Å²) in [7, 11) is 0. The lowest BCUT2D eigenvalue weighted by molar-refractivity contribution is 0.0749. The molecule has 1 aliphatic rings. The molecule has 3 nitrogen and oxygen atoms in total. The number of carbonyl (C=O) groups is 1. The first-order chi connectivity index (χ1) is 8.29. The van der Waals surface area contributed by atoms with Crippen molar-refractivity contribution in [3.05, 3.63) is 71.3 Å². The van der Waals surface area contributed by atoms with E-state index < -0.39 is 0 Å². The maximum atomic E-state index is 12.0. The van der Waals surface area contributed by atoms with Crippen molar-refractivity contribution in [2.24, 2.45) is 5.84 Å². The van der Waals surface area contributed by atoms with Crippen LogP contribution in [0, 0.1) is 0 Å². The van der Waals surface area contributed by atoms with Crippen LogP contribution in [0.4, 0.5) is 0 Å². The second kappa shape index (κ2) is 3.71. The van der Waals surface area contributed by atoms with Crippen molar-refractivity contribution in [3.8, 4) is 0 Å². The van der Waals surface area contributed by atoms with Crippen LogP contribution in [0.15, 0.2) is 54.6 Å². The molecule has 0 fully saturated rings. The molecule has 17 heavy (non-hydrogen) atoms. The lowest BCUT2D eigenvalue weighted by Gasteiger charge is -2.20. The lowest BCUT2D eigenvalue weighted by atomic mass is 9.98. The van der Waals surface area contributed by atoms with Crippen molar-refractivity contribution in [2.75, 3.05) is 0 Å². The van der Waals surface area contributed by atoms with Crippen LogP contribution in [0.3, 0.4) is 0 Å². The minimum Gasteiger partial charge on any atom is -0.268 e. The van der Waals surface area contributed by atoms with Gasteiger partial charge >= 0.3 is 0 Å². The van der Waals surface area contributed by atoms with E-state index in [2.05, 4.69) is 0 Å². The second-order valence-corrected chi connectivity index (χ2v) is 4.11. The zero-order valence-corrected chi connectivity index (χ0v) is 9.21. The molecule has 1 aliphatic heterocycles. The van der Waals surface area contributed by atoms with E-state index in [4.69, 9.17) is 5.84 Å². The molecule has 1 atom stereocenters. The van der Waals surface area contributed by atoms with Gasteiger partial charge in [-0.05, 0) is 17.2 Å². The van der Waals surface area contributed by atoms with E-state index in [-0.39, 0.29) is 11.9 Å². The summed E-state index contributed by atoms with van der Waals surface area (Å²) in [6, 6.07) is 17.2. The topological polar surface area (TPSA) is 46.3 Å². The fraction of sp³-hybridized carbons (Fsp3) is 0.0714. The zero-order chi connectivity index (χ0) is 11.8. The van der Waals surface area contributed by atoms with Crippen molar-refractivity contribution < 1.29 is 4.79 Å². The van der Waals surface area contributed by atoms with Crippen molar-refractivity contribution in [1.82, 2.24) is 5.01 Å². The Morgan fingerprint density at radius 1 is 0.941 bits per heavy atom. The van der Waals surface area contributed by atoms with Gasteiger partial charge in [0.25, 0.3) is 5.91 Å². The summed E-state index contributed by atoms with van der Waals surface area (Å²) in [4.78, 5) is 12.0. The lowest BCUT2D eigenvalue weighted by Crippen LogP contribution is -2.35. The van der Waals surface area contributed by atoms with E-state index in [1.807, 2.05) is 54.6 Å². The summed E-state index contributed by atoms with van der Waals surface area (Å²) in [6.07, 6.45) is 0. The van der Waals surface area contributed by atoms with E-state index in [0.29, 0.717) is 5.56 Å². The number of hydrazine groups is 1. The van der Waals surface area contributed by atoms with Crippen LogP contribution in [0.2, 0.25) is 0 Å². The molecule has 0 aliphatic carbocycles. The zero-order valence-electron chi connectivity index (χ0n) is 9.21. The molecule has 84 valence electrons. The van der Waals surface area contributed by atoms with Crippen LogP contribution in [0.1, 0.15) is 27.5 Å². The molecule has 3 heteroatoms. The van der Waals surface area contributed by atoms with Crippen LogP contribution < -0.4 is 5.84 Å². The Labute approximate surface area is 99.4 Å². The Balaban J connectivity index is 2.16. The summed E-state index contributed by atoms with van der Waals surface area (Å²) in [5.74, 6) is 5.77. The molecule has 3 rings (SSSR count). The Hall–Kier alpha value is -2.13. The Morgan fingerprint density at radius 3 is 2.35 bits per heavy atom. The summed E-state index contributed by atoms with van der Waals surface area (Å²) in [5, 5.41) is 1.31. The first kappa shape index (κ1) is 10.1. The molecule has 2 aromatic carbocycles. The highest BCUT2D eigenvalue weighted by Crippen LogP contribution is 2.35. The molecular formula is C14H12N2O.